The summed E-state index contributed by atoms with van der Waals surface area (Å²) < 4.78 is 4.77. The van der Waals surface area contributed by atoms with Gasteiger partial charge in [-0.1, -0.05) is 70.8 Å². The molecule has 0 radical (unpaired) electrons. The monoisotopic (exact) mass is 296 g/mol. The third-order valence-electron chi connectivity index (χ3n) is 4.31. The topological polar surface area (TPSA) is 46.5 Å². The van der Waals surface area contributed by atoms with Crippen LogP contribution in [0, 0.1) is 5.92 Å². The van der Waals surface area contributed by atoms with Gasteiger partial charge in [0.05, 0.1) is 0 Å². The van der Waals surface area contributed by atoms with Gasteiger partial charge in [0.25, 0.3) is 0 Å². The van der Waals surface area contributed by atoms with Crippen LogP contribution in [-0.2, 0) is 4.74 Å². The van der Waals surface area contributed by atoms with Crippen molar-refractivity contribution in [2.24, 2.45) is 5.92 Å². The van der Waals surface area contributed by atoms with E-state index in [0.717, 1.165) is 12.8 Å². The molecule has 3 nitrogen and oxygen atoms in total. The molecule has 0 saturated heterocycles. The fraction of sp³-hybridized carbons (Fsp3) is 0.833. The Labute approximate surface area is 129 Å². The van der Waals surface area contributed by atoms with Crippen molar-refractivity contribution in [1.82, 2.24) is 0 Å². The molecule has 1 atom stereocenters. The van der Waals surface area contributed by atoms with E-state index in [2.05, 4.69) is 13.0 Å². The van der Waals surface area contributed by atoms with Crippen molar-refractivity contribution < 1.29 is 14.6 Å². The number of carbonyl (C=O) groups is 1. The minimum absolute atomic E-state index is 0.250. The van der Waals surface area contributed by atoms with Crippen LogP contribution in [0.25, 0.3) is 0 Å². The minimum Gasteiger partial charge on any atom is -0.450 e. The molecule has 3 heteroatoms. The molecular weight excluding hydrogens is 264 g/mol. The second-order valence-corrected chi connectivity index (χ2v) is 6.43. The van der Waals surface area contributed by atoms with Gasteiger partial charge >= 0.3 is 6.16 Å². The van der Waals surface area contributed by atoms with Gasteiger partial charge < -0.3 is 9.84 Å². The van der Waals surface area contributed by atoms with Gasteiger partial charge in [0.1, 0.15) is 6.61 Å². The van der Waals surface area contributed by atoms with Gasteiger partial charge in [-0.2, -0.15) is 0 Å². The fourth-order valence-electron chi connectivity index (χ4n) is 3.08. The summed E-state index contributed by atoms with van der Waals surface area (Å²) in [7, 11) is 0. The van der Waals surface area contributed by atoms with E-state index in [1.165, 1.54) is 69.8 Å². The Kier molecular flexibility index (Phi) is 10.0. The number of carboxylic acid groups (broad SMARTS) is 1. The van der Waals surface area contributed by atoms with Gasteiger partial charge in [-0.3, -0.25) is 0 Å². The Morgan fingerprint density at radius 2 is 1.57 bits per heavy atom. The summed E-state index contributed by atoms with van der Waals surface area (Å²) in [4.78, 5) is 10.6. The third kappa shape index (κ3) is 10.4. The molecule has 1 aliphatic rings. The molecule has 0 bridgehead atoms. The molecule has 0 aliphatic heterocycles. The minimum atomic E-state index is -1.17. The molecule has 0 amide bonds. The molecule has 122 valence electrons. The molecule has 1 N–H and O–H groups in total. The lowest BCUT2D eigenvalue weighted by atomic mass is 9.98. The lowest BCUT2D eigenvalue weighted by Crippen LogP contribution is -2.06. The number of allylic oxidation sites excluding steroid dienone is 1. The first-order valence-corrected chi connectivity index (χ1v) is 8.74. The highest BCUT2D eigenvalue weighted by Crippen LogP contribution is 2.19. The summed E-state index contributed by atoms with van der Waals surface area (Å²) in [6.45, 7) is 2.48. The largest absolute Gasteiger partial charge is 0.506 e. The molecule has 1 unspecified atom stereocenters. The summed E-state index contributed by atoms with van der Waals surface area (Å²) in [6.07, 6.45) is 16.5. The Hall–Kier alpha value is -0.990. The van der Waals surface area contributed by atoms with Gasteiger partial charge in [-0.05, 0) is 30.8 Å². The summed E-state index contributed by atoms with van der Waals surface area (Å²) >= 11 is 0. The summed E-state index contributed by atoms with van der Waals surface area (Å²) in [5, 5.41) is 8.67. The van der Waals surface area contributed by atoms with E-state index in [0.29, 0.717) is 5.92 Å². The molecule has 0 saturated carbocycles. The molecule has 0 aromatic rings. The quantitative estimate of drug-likeness (QED) is 0.507. The molecule has 21 heavy (non-hydrogen) atoms. The third-order valence-corrected chi connectivity index (χ3v) is 4.31. The van der Waals surface area contributed by atoms with Crippen LogP contribution >= 0.6 is 0 Å². The van der Waals surface area contributed by atoms with E-state index < -0.39 is 6.16 Å². The number of hydrogen-bond acceptors (Lipinski definition) is 2. The van der Waals surface area contributed by atoms with Crippen molar-refractivity contribution in [2.75, 3.05) is 6.61 Å². The predicted molar refractivity (Wildman–Crippen MR) is 86.6 cm³/mol. The second kappa shape index (κ2) is 11.6. The SMILES string of the molecule is CC1C=C(COC(=O)O)CCCCCCCCCCCC1. The Morgan fingerprint density at radius 3 is 2.14 bits per heavy atom. The van der Waals surface area contributed by atoms with Crippen molar-refractivity contribution in [3.05, 3.63) is 11.6 Å². The maximum atomic E-state index is 10.6. The highest BCUT2D eigenvalue weighted by Gasteiger charge is 2.06. The maximum Gasteiger partial charge on any atom is 0.506 e. The van der Waals surface area contributed by atoms with Gasteiger partial charge in [0.15, 0.2) is 0 Å². The van der Waals surface area contributed by atoms with Crippen molar-refractivity contribution in [2.45, 2.75) is 84.0 Å². The molecule has 0 fully saturated rings. The lowest BCUT2D eigenvalue weighted by Gasteiger charge is -2.11. The summed E-state index contributed by atoms with van der Waals surface area (Å²) in [5.41, 5.74) is 1.17. The van der Waals surface area contributed by atoms with E-state index in [-0.39, 0.29) is 6.61 Å². The standard InChI is InChI=1S/C18H32O3/c1-16-12-10-8-6-4-2-3-5-7-9-11-13-17(14-16)15-21-18(19)20/h14,16H,2-13,15H2,1H3,(H,19,20). The van der Waals surface area contributed by atoms with E-state index in [1.54, 1.807) is 0 Å². The summed E-state index contributed by atoms with van der Waals surface area (Å²) in [5.74, 6) is 0.530. The van der Waals surface area contributed by atoms with Gasteiger partial charge in [-0.25, -0.2) is 4.79 Å². The van der Waals surface area contributed by atoms with Gasteiger partial charge in [0.2, 0.25) is 0 Å². The smallest absolute Gasteiger partial charge is 0.450 e. The zero-order chi connectivity index (χ0) is 15.3. The van der Waals surface area contributed by atoms with E-state index in [4.69, 9.17) is 9.84 Å². The lowest BCUT2D eigenvalue weighted by molar-refractivity contribution is 0.0987. The fourth-order valence-corrected chi connectivity index (χ4v) is 3.08. The maximum absolute atomic E-state index is 10.6. The van der Waals surface area contributed by atoms with Gasteiger partial charge in [0, 0.05) is 0 Å². The summed E-state index contributed by atoms with van der Waals surface area (Å²) in [6, 6.07) is 0. The molecular formula is C18H32O3. The van der Waals surface area contributed by atoms with Crippen LogP contribution in [-0.4, -0.2) is 17.9 Å². The van der Waals surface area contributed by atoms with Crippen LogP contribution < -0.4 is 0 Å². The van der Waals surface area contributed by atoms with Crippen molar-refractivity contribution in [3.63, 3.8) is 0 Å². The van der Waals surface area contributed by atoms with Crippen LogP contribution in [0.4, 0.5) is 4.79 Å². The molecule has 0 aromatic heterocycles. The van der Waals surface area contributed by atoms with Crippen LogP contribution in [0.1, 0.15) is 84.0 Å². The first-order valence-electron chi connectivity index (χ1n) is 8.74. The average molecular weight is 296 g/mol. The van der Waals surface area contributed by atoms with Gasteiger partial charge in [-0.15, -0.1) is 0 Å². The van der Waals surface area contributed by atoms with Crippen LogP contribution in [0.15, 0.2) is 11.6 Å². The Bertz CT molecular complexity index is 310. The number of hydrogen-bond donors (Lipinski definition) is 1. The molecule has 1 aliphatic carbocycles. The zero-order valence-electron chi connectivity index (χ0n) is 13.6. The Morgan fingerprint density at radius 1 is 1.05 bits per heavy atom. The average Bonchev–Trinajstić information content (AvgIpc) is 2.45. The van der Waals surface area contributed by atoms with Crippen LogP contribution in [0.5, 0.6) is 0 Å². The normalized spacial score (nSPS) is 23.5. The van der Waals surface area contributed by atoms with Crippen LogP contribution in [0.3, 0.4) is 0 Å². The highest BCUT2D eigenvalue weighted by molar-refractivity contribution is 5.57. The van der Waals surface area contributed by atoms with E-state index in [1.807, 2.05) is 0 Å². The first kappa shape index (κ1) is 18.1. The molecule has 0 aromatic carbocycles. The number of ether oxygens (including phenoxy) is 1. The first-order chi connectivity index (χ1) is 10.2. The zero-order valence-corrected chi connectivity index (χ0v) is 13.6. The molecule has 0 heterocycles. The van der Waals surface area contributed by atoms with E-state index in [9.17, 15) is 4.79 Å². The Balaban J connectivity index is 2.48. The predicted octanol–water partition coefficient (Wildman–Crippen LogP) is 5.94. The second-order valence-electron chi connectivity index (χ2n) is 6.43. The van der Waals surface area contributed by atoms with Crippen LogP contribution in [0.2, 0.25) is 0 Å². The van der Waals surface area contributed by atoms with Crippen molar-refractivity contribution in [1.29, 1.82) is 0 Å². The van der Waals surface area contributed by atoms with E-state index >= 15 is 0 Å². The molecule has 0 spiro atoms. The highest BCUT2D eigenvalue weighted by atomic mass is 16.7. The number of rotatable bonds is 2. The van der Waals surface area contributed by atoms with Crippen molar-refractivity contribution in [3.8, 4) is 0 Å². The van der Waals surface area contributed by atoms with Crippen molar-refractivity contribution >= 4 is 6.16 Å². The molecule has 1 rings (SSSR count).